The maximum atomic E-state index is 11.0. The van der Waals surface area contributed by atoms with Crippen molar-refractivity contribution in [2.45, 2.75) is 64.6 Å². The molecule has 0 rings (SSSR count). The summed E-state index contributed by atoms with van der Waals surface area (Å²) in [6.07, 6.45) is 5.87. The van der Waals surface area contributed by atoms with Crippen molar-refractivity contribution >= 4 is 11.9 Å². The zero-order chi connectivity index (χ0) is 17.9. The highest BCUT2D eigenvalue weighted by Crippen LogP contribution is 2.33. The summed E-state index contributed by atoms with van der Waals surface area (Å²) in [6, 6.07) is 0. The van der Waals surface area contributed by atoms with Crippen molar-refractivity contribution in [3.05, 3.63) is 25.3 Å². The minimum atomic E-state index is -0.629. The van der Waals surface area contributed by atoms with Crippen molar-refractivity contribution in [1.29, 1.82) is 0 Å². The molecular weight excluding hydrogens is 296 g/mol. The molecule has 2 atom stereocenters. The summed E-state index contributed by atoms with van der Waals surface area (Å²) in [5.41, 5.74) is -1.26. The third-order valence-electron chi connectivity index (χ3n) is 4.01. The van der Waals surface area contributed by atoms with Crippen LogP contribution in [0.15, 0.2) is 25.3 Å². The Morgan fingerprint density at radius 2 is 1.22 bits per heavy atom. The molecule has 0 aromatic carbocycles. The van der Waals surface area contributed by atoms with Crippen molar-refractivity contribution in [1.82, 2.24) is 0 Å². The summed E-state index contributed by atoms with van der Waals surface area (Å²) < 4.78 is 16.4. The van der Waals surface area contributed by atoms with Crippen LogP contribution >= 0.6 is 0 Å². The van der Waals surface area contributed by atoms with Crippen LogP contribution in [0.25, 0.3) is 0 Å². The van der Waals surface area contributed by atoms with Crippen LogP contribution < -0.4 is 0 Å². The minimum Gasteiger partial charge on any atom is -0.466 e. The normalized spacial score (nSPS) is 15.8. The van der Waals surface area contributed by atoms with E-state index in [1.54, 1.807) is 12.2 Å². The molecule has 132 valence electrons. The van der Waals surface area contributed by atoms with Gasteiger partial charge in [-0.3, -0.25) is 9.59 Å². The molecule has 5 heteroatoms. The Bertz CT molecular complexity index is 380. The summed E-state index contributed by atoms with van der Waals surface area (Å²) >= 11 is 0. The highest BCUT2D eigenvalue weighted by molar-refractivity contribution is 5.66. The molecule has 2 unspecified atom stereocenters. The van der Waals surface area contributed by atoms with Gasteiger partial charge in [-0.05, 0) is 12.8 Å². The minimum absolute atomic E-state index is 0.260. The Morgan fingerprint density at radius 3 is 1.43 bits per heavy atom. The second-order valence-corrected chi connectivity index (χ2v) is 5.53. The van der Waals surface area contributed by atoms with E-state index in [-0.39, 0.29) is 25.2 Å². The van der Waals surface area contributed by atoms with Crippen LogP contribution in [-0.2, 0) is 23.8 Å². The second-order valence-electron chi connectivity index (χ2n) is 5.53. The Hall–Kier alpha value is -1.62. The molecule has 0 heterocycles. The monoisotopic (exact) mass is 326 g/mol. The van der Waals surface area contributed by atoms with Crippen LogP contribution in [0, 0.1) is 0 Å². The van der Waals surface area contributed by atoms with E-state index in [9.17, 15) is 9.59 Å². The first-order valence-corrected chi connectivity index (χ1v) is 8.02. The topological polar surface area (TPSA) is 61.8 Å². The molecule has 0 saturated carbocycles. The first-order valence-electron chi connectivity index (χ1n) is 8.02. The third kappa shape index (κ3) is 7.46. The Balaban J connectivity index is 5.05. The lowest BCUT2D eigenvalue weighted by atomic mass is 9.91. The number of carbonyl (C=O) groups excluding carboxylic acids is 2. The van der Waals surface area contributed by atoms with Crippen LogP contribution in [0.4, 0.5) is 0 Å². The first kappa shape index (κ1) is 21.4. The third-order valence-corrected chi connectivity index (χ3v) is 4.01. The Morgan fingerprint density at radius 1 is 0.870 bits per heavy atom. The quantitative estimate of drug-likeness (QED) is 0.405. The molecule has 0 amide bonds. The van der Waals surface area contributed by atoms with Crippen LogP contribution in [0.2, 0.25) is 0 Å². The zero-order valence-electron chi connectivity index (χ0n) is 14.9. The summed E-state index contributed by atoms with van der Waals surface area (Å²) in [6.45, 7) is 15.0. The predicted octanol–water partition coefficient (Wildman–Crippen LogP) is 3.58. The summed E-state index contributed by atoms with van der Waals surface area (Å²) in [7, 11) is 0. The number of hydrogen-bond acceptors (Lipinski definition) is 5. The first-order chi connectivity index (χ1) is 10.8. The summed E-state index contributed by atoms with van der Waals surface area (Å²) in [4.78, 5) is 21.9. The zero-order valence-corrected chi connectivity index (χ0v) is 14.9. The molecular formula is C18H30O5. The van der Waals surface area contributed by atoms with Crippen LogP contribution in [0.3, 0.4) is 0 Å². The van der Waals surface area contributed by atoms with Gasteiger partial charge in [0.15, 0.2) is 0 Å². The van der Waals surface area contributed by atoms with Gasteiger partial charge in [0, 0.05) is 26.7 Å². The van der Waals surface area contributed by atoms with Gasteiger partial charge in [0.05, 0.1) is 24.4 Å². The number of rotatable bonds is 12. The van der Waals surface area contributed by atoms with Crippen LogP contribution in [-0.4, -0.2) is 36.4 Å². The molecule has 0 aliphatic carbocycles. The van der Waals surface area contributed by atoms with E-state index >= 15 is 0 Å². The molecule has 0 aromatic rings. The molecule has 0 fully saturated rings. The smallest absolute Gasteiger partial charge is 0.302 e. The average molecular weight is 326 g/mol. The average Bonchev–Trinajstić information content (AvgIpc) is 2.52. The van der Waals surface area contributed by atoms with E-state index in [2.05, 4.69) is 13.2 Å². The lowest BCUT2D eigenvalue weighted by Crippen LogP contribution is -2.43. The van der Waals surface area contributed by atoms with Gasteiger partial charge in [-0.25, -0.2) is 0 Å². The molecule has 0 saturated heterocycles. The lowest BCUT2D eigenvalue weighted by molar-refractivity contribution is -0.151. The molecule has 0 bridgehead atoms. The van der Waals surface area contributed by atoms with Crippen molar-refractivity contribution in [3.63, 3.8) is 0 Å². The molecule has 0 aliphatic rings. The lowest BCUT2D eigenvalue weighted by Gasteiger charge is -2.40. The Kier molecular flexibility index (Phi) is 9.49. The van der Waals surface area contributed by atoms with E-state index in [0.717, 1.165) is 0 Å². The summed E-state index contributed by atoms with van der Waals surface area (Å²) in [5, 5.41) is 0. The molecule has 23 heavy (non-hydrogen) atoms. The standard InChI is InChI=1S/C18H30O5/c1-7-17(8-2,11-13-21-15(5)19)23-18(9-3,10-4)12-14-22-16(6)20/h7,9H,1,3,8,10-14H2,2,4-6H3. The van der Waals surface area contributed by atoms with E-state index in [1.807, 2.05) is 13.8 Å². The van der Waals surface area contributed by atoms with Crippen molar-refractivity contribution in [3.8, 4) is 0 Å². The molecule has 0 N–H and O–H groups in total. The van der Waals surface area contributed by atoms with Gasteiger partial charge in [-0.2, -0.15) is 0 Å². The molecule has 0 radical (unpaired) electrons. The predicted molar refractivity (Wildman–Crippen MR) is 90.0 cm³/mol. The van der Waals surface area contributed by atoms with Gasteiger partial charge < -0.3 is 14.2 Å². The Labute approximate surface area is 139 Å². The molecule has 0 spiro atoms. The maximum Gasteiger partial charge on any atom is 0.302 e. The van der Waals surface area contributed by atoms with Gasteiger partial charge >= 0.3 is 11.9 Å². The molecule has 0 aromatic heterocycles. The van der Waals surface area contributed by atoms with Gasteiger partial charge in [-0.15, -0.1) is 13.2 Å². The number of carbonyl (C=O) groups is 2. The molecule has 5 nitrogen and oxygen atoms in total. The highest BCUT2D eigenvalue weighted by atomic mass is 16.5. The van der Waals surface area contributed by atoms with E-state index in [1.165, 1.54) is 13.8 Å². The van der Waals surface area contributed by atoms with Crippen molar-refractivity contribution in [2.24, 2.45) is 0 Å². The maximum absolute atomic E-state index is 11.0. The molecule has 0 aliphatic heterocycles. The number of esters is 2. The van der Waals surface area contributed by atoms with Gasteiger partial charge in [0.25, 0.3) is 0 Å². The van der Waals surface area contributed by atoms with Crippen molar-refractivity contribution < 1.29 is 23.8 Å². The second kappa shape index (κ2) is 10.2. The van der Waals surface area contributed by atoms with Gasteiger partial charge in [0.1, 0.15) is 0 Å². The SMILES string of the molecule is C=CC(CC)(CCOC(C)=O)OC(C=C)(CC)CCOC(C)=O. The van der Waals surface area contributed by atoms with E-state index < -0.39 is 11.2 Å². The van der Waals surface area contributed by atoms with Crippen molar-refractivity contribution in [2.75, 3.05) is 13.2 Å². The van der Waals surface area contributed by atoms with E-state index in [4.69, 9.17) is 14.2 Å². The number of ether oxygens (including phenoxy) is 3. The highest BCUT2D eigenvalue weighted by Gasteiger charge is 2.36. The fourth-order valence-corrected chi connectivity index (χ4v) is 2.32. The van der Waals surface area contributed by atoms with E-state index in [0.29, 0.717) is 25.7 Å². The van der Waals surface area contributed by atoms with Crippen LogP contribution in [0.5, 0.6) is 0 Å². The van der Waals surface area contributed by atoms with Gasteiger partial charge in [0.2, 0.25) is 0 Å². The fraction of sp³-hybridized carbons (Fsp3) is 0.667. The summed E-state index contributed by atoms with van der Waals surface area (Å²) in [5.74, 6) is -0.640. The van der Waals surface area contributed by atoms with Gasteiger partial charge in [-0.1, -0.05) is 26.0 Å². The van der Waals surface area contributed by atoms with Crippen LogP contribution in [0.1, 0.15) is 53.4 Å². The fourth-order valence-electron chi connectivity index (χ4n) is 2.32. The number of hydrogen-bond donors (Lipinski definition) is 0. The largest absolute Gasteiger partial charge is 0.466 e.